The van der Waals surface area contributed by atoms with Crippen LogP contribution in [0.15, 0.2) is 0 Å². The Labute approximate surface area is 117 Å². The maximum Gasteiger partial charge on any atom is 0.222 e. The average Bonchev–Trinajstić information content (AvgIpc) is 2.42. The fourth-order valence-electron chi connectivity index (χ4n) is 3.17. The van der Waals surface area contributed by atoms with Crippen LogP contribution >= 0.6 is 0 Å². The van der Waals surface area contributed by atoms with E-state index in [1.54, 1.807) is 0 Å². The van der Waals surface area contributed by atoms with Crippen LogP contribution < -0.4 is 5.32 Å². The van der Waals surface area contributed by atoms with E-state index in [1.165, 1.54) is 25.8 Å². The van der Waals surface area contributed by atoms with Crippen molar-refractivity contribution in [3.05, 3.63) is 0 Å². The molecule has 1 N–H and O–H groups in total. The third-order valence-electron chi connectivity index (χ3n) is 4.31. The van der Waals surface area contributed by atoms with Gasteiger partial charge in [-0.2, -0.15) is 0 Å². The van der Waals surface area contributed by atoms with E-state index in [2.05, 4.69) is 29.0 Å². The predicted octanol–water partition coefficient (Wildman–Crippen LogP) is 1.46. The molecule has 19 heavy (non-hydrogen) atoms. The Hall–Kier alpha value is -0.610. The quantitative estimate of drug-likeness (QED) is 0.766. The zero-order valence-corrected chi connectivity index (χ0v) is 12.5. The monoisotopic (exact) mass is 267 g/mol. The summed E-state index contributed by atoms with van der Waals surface area (Å²) in [6.07, 6.45) is 5.61. The van der Waals surface area contributed by atoms with Gasteiger partial charge in [-0.1, -0.05) is 20.3 Å². The smallest absolute Gasteiger partial charge is 0.222 e. The summed E-state index contributed by atoms with van der Waals surface area (Å²) in [6, 6.07) is 1.15. The highest BCUT2D eigenvalue weighted by Gasteiger charge is 2.30. The lowest BCUT2D eigenvalue weighted by atomic mass is 9.99. The molecule has 2 rings (SSSR count). The maximum atomic E-state index is 12.2. The van der Waals surface area contributed by atoms with Crippen LogP contribution in [0, 0.1) is 0 Å². The minimum Gasteiger partial charge on any atom is -0.340 e. The van der Waals surface area contributed by atoms with Crippen LogP contribution in [-0.2, 0) is 4.79 Å². The van der Waals surface area contributed by atoms with Gasteiger partial charge in [0.15, 0.2) is 0 Å². The van der Waals surface area contributed by atoms with Gasteiger partial charge in [-0.05, 0) is 32.4 Å². The number of piperazine rings is 1. The Kier molecular flexibility index (Phi) is 5.64. The second-order valence-electron chi connectivity index (χ2n) is 6.24. The van der Waals surface area contributed by atoms with Crippen molar-refractivity contribution >= 4 is 5.91 Å². The highest BCUT2D eigenvalue weighted by molar-refractivity contribution is 5.76. The van der Waals surface area contributed by atoms with Crippen molar-refractivity contribution in [3.63, 3.8) is 0 Å². The van der Waals surface area contributed by atoms with Gasteiger partial charge in [0.05, 0.1) is 0 Å². The fraction of sp³-hybridized carbons (Fsp3) is 0.933. The zero-order chi connectivity index (χ0) is 13.7. The molecular formula is C15H29N3O. The summed E-state index contributed by atoms with van der Waals surface area (Å²) in [5, 5.41) is 3.37. The molecule has 0 aromatic rings. The molecule has 0 radical (unpaired) electrons. The van der Waals surface area contributed by atoms with Crippen molar-refractivity contribution in [2.24, 2.45) is 0 Å². The minimum absolute atomic E-state index is 0.357. The SMILES string of the molecule is CC(C)NCCCC(=O)N1CCN2CCCCC2C1. The average molecular weight is 267 g/mol. The van der Waals surface area contributed by atoms with Crippen molar-refractivity contribution < 1.29 is 4.79 Å². The van der Waals surface area contributed by atoms with Crippen LogP contribution in [0.4, 0.5) is 0 Å². The van der Waals surface area contributed by atoms with Crippen molar-refractivity contribution in [1.82, 2.24) is 15.1 Å². The first-order valence-electron chi connectivity index (χ1n) is 7.92. The van der Waals surface area contributed by atoms with Gasteiger partial charge in [0.1, 0.15) is 0 Å². The molecule has 0 aromatic carbocycles. The summed E-state index contributed by atoms with van der Waals surface area (Å²) in [7, 11) is 0. The molecule has 4 heteroatoms. The molecule has 0 bridgehead atoms. The number of nitrogens with one attached hydrogen (secondary N) is 1. The maximum absolute atomic E-state index is 12.2. The molecular weight excluding hydrogens is 238 g/mol. The van der Waals surface area contributed by atoms with Gasteiger partial charge in [0.2, 0.25) is 5.91 Å². The molecule has 1 atom stereocenters. The van der Waals surface area contributed by atoms with Crippen molar-refractivity contribution in [2.45, 2.75) is 58.0 Å². The first-order chi connectivity index (χ1) is 9.16. The lowest BCUT2D eigenvalue weighted by molar-refractivity contribution is -0.134. The largest absolute Gasteiger partial charge is 0.340 e. The number of hydrogen-bond acceptors (Lipinski definition) is 3. The van der Waals surface area contributed by atoms with Crippen LogP contribution in [-0.4, -0.2) is 60.5 Å². The second kappa shape index (κ2) is 7.25. The van der Waals surface area contributed by atoms with E-state index in [1.807, 2.05) is 0 Å². The number of rotatable bonds is 5. The van der Waals surface area contributed by atoms with E-state index in [0.717, 1.165) is 32.6 Å². The number of carbonyl (C=O) groups is 1. The summed E-state index contributed by atoms with van der Waals surface area (Å²) in [6.45, 7) is 9.47. The first-order valence-corrected chi connectivity index (χ1v) is 7.92. The topological polar surface area (TPSA) is 35.6 Å². The zero-order valence-electron chi connectivity index (χ0n) is 12.5. The van der Waals surface area contributed by atoms with E-state index in [9.17, 15) is 4.79 Å². The highest BCUT2D eigenvalue weighted by atomic mass is 16.2. The molecule has 1 unspecified atom stereocenters. The summed E-state index contributed by atoms with van der Waals surface area (Å²) < 4.78 is 0. The Morgan fingerprint density at radius 1 is 1.26 bits per heavy atom. The van der Waals surface area contributed by atoms with Gasteiger partial charge in [0, 0.05) is 38.1 Å². The van der Waals surface area contributed by atoms with Crippen LogP contribution in [0.25, 0.3) is 0 Å². The number of piperidine rings is 1. The standard InChI is InChI=1S/C15H29N3O/c1-13(2)16-8-5-7-15(19)18-11-10-17-9-4-3-6-14(17)12-18/h13-14,16H,3-12H2,1-2H3. The van der Waals surface area contributed by atoms with Crippen molar-refractivity contribution in [3.8, 4) is 0 Å². The number of carbonyl (C=O) groups excluding carboxylic acids is 1. The van der Waals surface area contributed by atoms with Crippen LogP contribution in [0.5, 0.6) is 0 Å². The first kappa shape index (κ1) is 14.8. The molecule has 2 aliphatic rings. The van der Waals surface area contributed by atoms with Gasteiger partial charge >= 0.3 is 0 Å². The normalized spacial score (nSPS) is 24.6. The van der Waals surface area contributed by atoms with E-state index in [0.29, 0.717) is 24.4 Å². The number of amides is 1. The number of hydrogen-bond donors (Lipinski definition) is 1. The third kappa shape index (κ3) is 4.46. The summed E-state index contributed by atoms with van der Waals surface area (Å²) in [5.41, 5.74) is 0. The molecule has 1 amide bonds. The third-order valence-corrected chi connectivity index (χ3v) is 4.31. The lowest BCUT2D eigenvalue weighted by Crippen LogP contribution is -2.56. The van der Waals surface area contributed by atoms with Crippen molar-refractivity contribution in [1.29, 1.82) is 0 Å². The van der Waals surface area contributed by atoms with Gasteiger partial charge in [-0.3, -0.25) is 9.69 Å². The number of nitrogens with zero attached hydrogens (tertiary/aromatic N) is 2. The molecule has 110 valence electrons. The molecule has 0 aliphatic carbocycles. The van der Waals surface area contributed by atoms with E-state index >= 15 is 0 Å². The van der Waals surface area contributed by atoms with E-state index in [4.69, 9.17) is 0 Å². The highest BCUT2D eigenvalue weighted by Crippen LogP contribution is 2.21. The van der Waals surface area contributed by atoms with E-state index < -0.39 is 0 Å². The Bertz CT molecular complexity index is 293. The molecule has 4 nitrogen and oxygen atoms in total. The van der Waals surface area contributed by atoms with E-state index in [-0.39, 0.29) is 0 Å². The van der Waals surface area contributed by atoms with Gasteiger partial charge in [0.25, 0.3) is 0 Å². The van der Waals surface area contributed by atoms with Crippen molar-refractivity contribution in [2.75, 3.05) is 32.7 Å². The minimum atomic E-state index is 0.357. The molecule has 0 aromatic heterocycles. The van der Waals surface area contributed by atoms with Gasteiger partial charge < -0.3 is 10.2 Å². The van der Waals surface area contributed by atoms with Gasteiger partial charge in [-0.25, -0.2) is 0 Å². The summed E-state index contributed by atoms with van der Waals surface area (Å²) in [4.78, 5) is 16.9. The van der Waals surface area contributed by atoms with Crippen LogP contribution in [0.2, 0.25) is 0 Å². The summed E-state index contributed by atoms with van der Waals surface area (Å²) in [5.74, 6) is 0.357. The molecule has 2 heterocycles. The van der Waals surface area contributed by atoms with Crippen LogP contribution in [0.1, 0.15) is 46.0 Å². The Morgan fingerprint density at radius 2 is 2.11 bits per heavy atom. The van der Waals surface area contributed by atoms with Crippen LogP contribution in [0.3, 0.4) is 0 Å². The lowest BCUT2D eigenvalue weighted by Gasteiger charge is -2.44. The Balaban J connectivity index is 1.68. The summed E-state index contributed by atoms with van der Waals surface area (Å²) >= 11 is 0. The number of fused-ring (bicyclic) bond motifs is 1. The molecule has 0 saturated carbocycles. The predicted molar refractivity (Wildman–Crippen MR) is 78.2 cm³/mol. The second-order valence-corrected chi connectivity index (χ2v) is 6.24. The van der Waals surface area contributed by atoms with Gasteiger partial charge in [-0.15, -0.1) is 0 Å². The fourth-order valence-corrected chi connectivity index (χ4v) is 3.17. The molecule has 2 saturated heterocycles. The molecule has 2 fully saturated rings. The molecule has 0 spiro atoms. The molecule has 2 aliphatic heterocycles. The Morgan fingerprint density at radius 3 is 2.89 bits per heavy atom.